The van der Waals surface area contributed by atoms with E-state index in [2.05, 4.69) is 20.9 Å². The van der Waals surface area contributed by atoms with Crippen LogP contribution in [0.4, 0.5) is 0 Å². The zero-order chi connectivity index (χ0) is 13.0. The topological polar surface area (TPSA) is 39.2 Å². The lowest BCUT2D eigenvalue weighted by Crippen LogP contribution is -2.00. The number of halogens is 1. The molecule has 1 aromatic carbocycles. The Bertz CT molecular complexity index is 552. The Morgan fingerprint density at radius 2 is 1.94 bits per heavy atom. The molecule has 0 saturated carbocycles. The summed E-state index contributed by atoms with van der Waals surface area (Å²) in [4.78, 5) is 15.0. The van der Waals surface area contributed by atoms with Gasteiger partial charge in [-0.2, -0.15) is 0 Å². The molecule has 92 valence electrons. The van der Waals surface area contributed by atoms with Crippen LogP contribution in [0.5, 0.6) is 5.75 Å². The second kappa shape index (κ2) is 5.78. The lowest BCUT2D eigenvalue weighted by atomic mass is 10.2. The van der Waals surface area contributed by atoms with E-state index in [4.69, 9.17) is 4.74 Å². The van der Waals surface area contributed by atoms with Crippen LogP contribution in [0.25, 0.3) is 0 Å². The predicted octanol–water partition coefficient (Wildman–Crippen LogP) is 3.54. The molecule has 2 aromatic rings. The summed E-state index contributed by atoms with van der Waals surface area (Å²) in [5.41, 5.74) is 2.18. The molecule has 1 heterocycles. The van der Waals surface area contributed by atoms with Crippen LogP contribution >= 0.6 is 15.9 Å². The molecule has 0 aliphatic heterocycles. The van der Waals surface area contributed by atoms with E-state index >= 15 is 0 Å². The Morgan fingerprint density at radius 1 is 1.22 bits per heavy atom. The number of hydrogen-bond donors (Lipinski definition) is 0. The second-order valence-corrected chi connectivity index (χ2v) is 4.78. The first-order valence-corrected chi connectivity index (χ1v) is 6.28. The summed E-state index contributed by atoms with van der Waals surface area (Å²) in [7, 11) is 0. The number of benzene rings is 1. The van der Waals surface area contributed by atoms with Gasteiger partial charge in [-0.15, -0.1) is 0 Å². The van der Waals surface area contributed by atoms with Gasteiger partial charge in [-0.05, 0) is 36.8 Å². The van der Waals surface area contributed by atoms with Crippen molar-refractivity contribution in [1.82, 2.24) is 4.98 Å². The number of nitrogens with zero attached hydrogens (tertiary/aromatic N) is 1. The van der Waals surface area contributed by atoms with Crippen LogP contribution in [0.15, 0.2) is 40.9 Å². The highest BCUT2D eigenvalue weighted by Gasteiger charge is 2.05. The lowest BCUT2D eigenvalue weighted by molar-refractivity contribution is 0.111. The molecule has 0 fully saturated rings. The van der Waals surface area contributed by atoms with Crippen LogP contribution in [0.2, 0.25) is 0 Å². The van der Waals surface area contributed by atoms with Crippen molar-refractivity contribution in [2.24, 2.45) is 0 Å². The van der Waals surface area contributed by atoms with Crippen molar-refractivity contribution in [2.45, 2.75) is 13.5 Å². The van der Waals surface area contributed by atoms with Gasteiger partial charge >= 0.3 is 0 Å². The predicted molar refractivity (Wildman–Crippen MR) is 72.8 cm³/mol. The minimum atomic E-state index is 0.340. The van der Waals surface area contributed by atoms with Gasteiger partial charge in [0.1, 0.15) is 18.1 Å². The molecule has 2 rings (SSSR count). The first-order valence-electron chi connectivity index (χ1n) is 5.49. The smallest absolute Gasteiger partial charge is 0.172 e. The molecular formula is C14H12BrNO2. The fourth-order valence-electron chi connectivity index (χ4n) is 1.51. The SMILES string of the molecule is Cc1ccc(OCc2ccc(Br)cc2)c(C=O)n1. The molecule has 0 aliphatic carbocycles. The number of aldehydes is 1. The van der Waals surface area contributed by atoms with Gasteiger partial charge in [0.25, 0.3) is 0 Å². The van der Waals surface area contributed by atoms with Gasteiger partial charge in [-0.1, -0.05) is 28.1 Å². The van der Waals surface area contributed by atoms with E-state index in [1.54, 1.807) is 6.07 Å². The van der Waals surface area contributed by atoms with Crippen molar-refractivity contribution in [3.63, 3.8) is 0 Å². The Hall–Kier alpha value is -1.68. The van der Waals surface area contributed by atoms with Crippen LogP contribution in [0.3, 0.4) is 0 Å². The maximum absolute atomic E-state index is 10.9. The highest BCUT2D eigenvalue weighted by atomic mass is 79.9. The van der Waals surface area contributed by atoms with E-state index < -0.39 is 0 Å². The number of aromatic nitrogens is 1. The normalized spacial score (nSPS) is 10.1. The quantitative estimate of drug-likeness (QED) is 0.811. The maximum atomic E-state index is 10.9. The van der Waals surface area contributed by atoms with E-state index in [1.165, 1.54) is 0 Å². The van der Waals surface area contributed by atoms with Gasteiger partial charge in [0.2, 0.25) is 0 Å². The van der Waals surface area contributed by atoms with Crippen molar-refractivity contribution in [3.05, 3.63) is 57.8 Å². The maximum Gasteiger partial charge on any atom is 0.172 e. The van der Waals surface area contributed by atoms with Gasteiger partial charge in [-0.25, -0.2) is 4.98 Å². The summed E-state index contributed by atoms with van der Waals surface area (Å²) in [6, 6.07) is 11.4. The van der Waals surface area contributed by atoms with Gasteiger partial charge < -0.3 is 4.74 Å². The van der Waals surface area contributed by atoms with E-state index in [0.29, 0.717) is 24.3 Å². The summed E-state index contributed by atoms with van der Waals surface area (Å²) in [5, 5.41) is 0. The molecule has 1 aromatic heterocycles. The number of rotatable bonds is 4. The van der Waals surface area contributed by atoms with E-state index in [-0.39, 0.29) is 0 Å². The Morgan fingerprint density at radius 3 is 2.61 bits per heavy atom. The van der Waals surface area contributed by atoms with Crippen LogP contribution < -0.4 is 4.74 Å². The number of carbonyl (C=O) groups excluding carboxylic acids is 1. The van der Waals surface area contributed by atoms with E-state index in [9.17, 15) is 4.79 Å². The largest absolute Gasteiger partial charge is 0.487 e. The Labute approximate surface area is 114 Å². The third-order valence-corrected chi connectivity index (χ3v) is 2.97. The van der Waals surface area contributed by atoms with Crippen LogP contribution in [-0.2, 0) is 6.61 Å². The minimum Gasteiger partial charge on any atom is -0.487 e. The first kappa shape index (κ1) is 12.8. The standard InChI is InChI=1S/C14H12BrNO2/c1-10-2-7-14(13(8-17)16-10)18-9-11-3-5-12(15)6-4-11/h2-8H,9H2,1H3. The Kier molecular flexibility index (Phi) is 4.10. The molecular weight excluding hydrogens is 294 g/mol. The van der Waals surface area contributed by atoms with Gasteiger partial charge in [0, 0.05) is 10.2 Å². The van der Waals surface area contributed by atoms with Crippen LogP contribution in [0.1, 0.15) is 21.7 Å². The van der Waals surface area contributed by atoms with Crippen LogP contribution in [0, 0.1) is 6.92 Å². The third-order valence-electron chi connectivity index (χ3n) is 2.44. The fraction of sp³-hybridized carbons (Fsp3) is 0.143. The summed E-state index contributed by atoms with van der Waals surface area (Å²) in [6.45, 7) is 2.25. The highest BCUT2D eigenvalue weighted by Crippen LogP contribution is 2.17. The molecule has 0 saturated heterocycles. The molecule has 0 unspecified atom stereocenters. The monoisotopic (exact) mass is 305 g/mol. The number of aryl methyl sites for hydroxylation is 1. The molecule has 0 aliphatic rings. The third kappa shape index (κ3) is 3.17. The highest BCUT2D eigenvalue weighted by molar-refractivity contribution is 9.10. The molecule has 0 N–H and O–H groups in total. The molecule has 3 nitrogen and oxygen atoms in total. The summed E-state index contributed by atoms with van der Waals surface area (Å²) >= 11 is 3.38. The van der Waals surface area contributed by atoms with Gasteiger partial charge in [0.05, 0.1) is 0 Å². The zero-order valence-corrected chi connectivity index (χ0v) is 11.5. The zero-order valence-electron chi connectivity index (χ0n) is 9.89. The second-order valence-electron chi connectivity index (χ2n) is 3.87. The molecule has 4 heteroatoms. The minimum absolute atomic E-state index is 0.340. The molecule has 0 amide bonds. The number of carbonyl (C=O) groups is 1. The van der Waals surface area contributed by atoms with Crippen molar-refractivity contribution >= 4 is 22.2 Å². The first-order chi connectivity index (χ1) is 8.69. The number of pyridine rings is 1. The van der Waals surface area contributed by atoms with E-state index in [0.717, 1.165) is 15.7 Å². The van der Waals surface area contributed by atoms with Gasteiger partial charge in [0.15, 0.2) is 6.29 Å². The summed E-state index contributed by atoms with van der Waals surface area (Å²) in [6.07, 6.45) is 0.712. The van der Waals surface area contributed by atoms with Crippen LogP contribution in [-0.4, -0.2) is 11.3 Å². The number of hydrogen-bond acceptors (Lipinski definition) is 3. The molecule has 0 radical (unpaired) electrons. The summed E-state index contributed by atoms with van der Waals surface area (Å²) in [5.74, 6) is 0.513. The molecule has 0 bridgehead atoms. The number of ether oxygens (including phenoxy) is 1. The molecule has 0 atom stereocenters. The van der Waals surface area contributed by atoms with Crippen molar-refractivity contribution in [1.29, 1.82) is 0 Å². The van der Waals surface area contributed by atoms with Crippen molar-refractivity contribution < 1.29 is 9.53 Å². The lowest BCUT2D eigenvalue weighted by Gasteiger charge is -2.08. The van der Waals surface area contributed by atoms with Crippen molar-refractivity contribution in [2.75, 3.05) is 0 Å². The Balaban J connectivity index is 2.10. The fourth-order valence-corrected chi connectivity index (χ4v) is 1.78. The average molecular weight is 306 g/mol. The molecule has 18 heavy (non-hydrogen) atoms. The van der Waals surface area contributed by atoms with Crippen molar-refractivity contribution in [3.8, 4) is 5.75 Å². The average Bonchev–Trinajstić information content (AvgIpc) is 2.39. The molecule has 0 spiro atoms. The van der Waals surface area contributed by atoms with E-state index in [1.807, 2.05) is 37.3 Å². The van der Waals surface area contributed by atoms with Gasteiger partial charge in [-0.3, -0.25) is 4.79 Å². The summed E-state index contributed by atoms with van der Waals surface area (Å²) < 4.78 is 6.62.